The minimum atomic E-state index is 0. The van der Waals surface area contributed by atoms with Crippen LogP contribution in [0.1, 0.15) is 55.4 Å². The molecule has 0 radical (unpaired) electrons. The van der Waals surface area contributed by atoms with E-state index in [1.165, 1.54) is 27.8 Å². The molecule has 2 aliphatic heterocycles. The minimum absolute atomic E-state index is 0. The lowest BCUT2D eigenvalue weighted by atomic mass is 9.86. The molecule has 2 aromatic rings. The number of carbonyl (C=O) groups is 1. The molecule has 2 fully saturated rings. The number of hydroxylamine groups is 2. The maximum absolute atomic E-state index is 12.6. The van der Waals surface area contributed by atoms with E-state index in [0.717, 1.165) is 65.0 Å². The van der Waals surface area contributed by atoms with Crippen molar-refractivity contribution in [3.05, 3.63) is 76.4 Å². The van der Waals surface area contributed by atoms with E-state index >= 15 is 0 Å². The normalized spacial score (nSPS) is 18.9. The van der Waals surface area contributed by atoms with Crippen molar-refractivity contribution >= 4 is 23.6 Å². The maximum atomic E-state index is 12.6. The predicted molar refractivity (Wildman–Crippen MR) is 145 cm³/mol. The van der Waals surface area contributed by atoms with E-state index in [4.69, 9.17) is 4.84 Å². The molecule has 5 rings (SSSR count). The van der Waals surface area contributed by atoms with Crippen LogP contribution in [0.3, 0.4) is 0 Å². The fraction of sp³-hybridized carbons (Fsp3) is 0.433. The van der Waals surface area contributed by atoms with E-state index < -0.39 is 0 Å². The fourth-order valence-corrected chi connectivity index (χ4v) is 5.52. The second-order valence-electron chi connectivity index (χ2n) is 9.50. The molecule has 1 amide bonds. The highest BCUT2D eigenvalue weighted by atomic mass is 16.7. The number of fused-ring (bicyclic) bond motifs is 2. The zero-order valence-electron chi connectivity index (χ0n) is 20.1. The number of hydrogen-bond acceptors (Lipinski definition) is 4. The number of benzene rings is 2. The van der Waals surface area contributed by atoms with Crippen molar-refractivity contribution in [1.29, 1.82) is 0 Å². The summed E-state index contributed by atoms with van der Waals surface area (Å²) >= 11 is 0. The van der Waals surface area contributed by atoms with Crippen molar-refractivity contribution in [3.8, 4) is 0 Å². The summed E-state index contributed by atoms with van der Waals surface area (Å²) in [6.45, 7) is 5.39. The van der Waals surface area contributed by atoms with Gasteiger partial charge in [-0.05, 0) is 53.5 Å². The van der Waals surface area contributed by atoms with Crippen molar-refractivity contribution < 1.29 is 9.63 Å². The first-order valence-corrected chi connectivity index (χ1v) is 12.6. The van der Waals surface area contributed by atoms with Crippen LogP contribution in [0.15, 0.2) is 54.1 Å². The fourth-order valence-electron chi connectivity index (χ4n) is 5.52. The van der Waals surface area contributed by atoms with E-state index in [-0.39, 0.29) is 19.3 Å². The van der Waals surface area contributed by atoms with Gasteiger partial charge in [0.1, 0.15) is 0 Å². The monoisotopic (exact) mass is 473 g/mol. The second-order valence-corrected chi connectivity index (χ2v) is 9.50. The van der Waals surface area contributed by atoms with Gasteiger partial charge in [-0.25, -0.2) is 0 Å². The Balaban J connectivity index is 0.00000289. The first-order chi connectivity index (χ1) is 16.7. The molecule has 2 heterocycles. The Morgan fingerprint density at radius 2 is 1.49 bits per heavy atom. The van der Waals surface area contributed by atoms with Crippen molar-refractivity contribution in [1.82, 2.24) is 15.3 Å². The number of carbonyl (C=O) groups excluding carboxylic acids is 1. The summed E-state index contributed by atoms with van der Waals surface area (Å²) in [6, 6.07) is 17.5. The van der Waals surface area contributed by atoms with Gasteiger partial charge in [0, 0.05) is 45.2 Å². The van der Waals surface area contributed by atoms with Crippen molar-refractivity contribution in [2.75, 3.05) is 46.4 Å². The Kier molecular flexibility index (Phi) is 8.55. The molecule has 3 aliphatic rings. The van der Waals surface area contributed by atoms with Crippen LogP contribution < -0.4 is 5.32 Å². The van der Waals surface area contributed by atoms with Crippen LogP contribution in [-0.2, 0) is 9.63 Å². The predicted octanol–water partition coefficient (Wildman–Crippen LogP) is 5.09. The number of likely N-dealkylation sites (tertiary alicyclic amines) is 1. The average Bonchev–Trinajstić information content (AvgIpc) is 3.06. The summed E-state index contributed by atoms with van der Waals surface area (Å²) in [6.07, 6.45) is 8.39. The molecule has 35 heavy (non-hydrogen) atoms. The molecule has 0 bridgehead atoms. The first kappa shape index (κ1) is 25.4. The molecule has 0 unspecified atom stereocenters. The van der Waals surface area contributed by atoms with Gasteiger partial charge in [0.05, 0.1) is 7.11 Å². The average molecular weight is 474 g/mol. The second kappa shape index (κ2) is 11.8. The van der Waals surface area contributed by atoms with Gasteiger partial charge < -0.3 is 15.1 Å². The minimum Gasteiger partial charge on any atom is -0.355 e. The van der Waals surface area contributed by atoms with E-state index in [0.29, 0.717) is 0 Å². The summed E-state index contributed by atoms with van der Waals surface area (Å²) < 4.78 is 0. The summed E-state index contributed by atoms with van der Waals surface area (Å²) in [5, 5.41) is 5.12. The van der Waals surface area contributed by atoms with Gasteiger partial charge in [0.25, 0.3) is 0 Å². The van der Waals surface area contributed by atoms with Crippen LogP contribution in [0, 0.1) is 5.92 Å². The highest BCUT2D eigenvalue weighted by molar-refractivity contribution is 5.94. The number of amides is 1. The largest absolute Gasteiger partial charge is 0.355 e. The Hall–Kier alpha value is -2.73. The SMILES string of the molecule is C.CON1CCC(C(=O)NCCN2CCC(=C3c4ccccc4C=Cc4ccccc43)CC2)CC1. The smallest absolute Gasteiger partial charge is 0.223 e. The maximum Gasteiger partial charge on any atom is 0.223 e. The molecule has 0 atom stereocenters. The molecule has 2 aromatic carbocycles. The molecule has 0 aromatic heterocycles. The van der Waals surface area contributed by atoms with Gasteiger partial charge >= 0.3 is 0 Å². The molecular formula is C30H39N3O2. The molecule has 1 aliphatic carbocycles. The topological polar surface area (TPSA) is 44.8 Å². The summed E-state index contributed by atoms with van der Waals surface area (Å²) in [4.78, 5) is 20.3. The molecule has 2 saturated heterocycles. The number of hydrogen-bond donors (Lipinski definition) is 1. The highest BCUT2D eigenvalue weighted by Crippen LogP contribution is 2.38. The molecule has 5 heteroatoms. The Morgan fingerprint density at radius 1 is 0.914 bits per heavy atom. The van der Waals surface area contributed by atoms with E-state index in [1.807, 2.05) is 5.06 Å². The Labute approximate surface area is 210 Å². The number of nitrogens with one attached hydrogen (secondary N) is 1. The number of nitrogens with zero attached hydrogens (tertiary/aromatic N) is 2. The Morgan fingerprint density at radius 3 is 2.06 bits per heavy atom. The van der Waals surface area contributed by atoms with Gasteiger partial charge in [-0.3, -0.25) is 4.79 Å². The van der Waals surface area contributed by atoms with Gasteiger partial charge in [-0.2, -0.15) is 5.06 Å². The summed E-state index contributed by atoms with van der Waals surface area (Å²) in [5.41, 5.74) is 8.25. The van der Waals surface area contributed by atoms with Crippen LogP contribution in [0.5, 0.6) is 0 Å². The molecule has 1 N–H and O–H groups in total. The van der Waals surface area contributed by atoms with Crippen LogP contribution >= 0.6 is 0 Å². The van der Waals surface area contributed by atoms with E-state index in [9.17, 15) is 4.79 Å². The molecule has 186 valence electrons. The van der Waals surface area contributed by atoms with Crippen LogP contribution in [0.2, 0.25) is 0 Å². The molecule has 5 nitrogen and oxygen atoms in total. The third kappa shape index (κ3) is 5.75. The van der Waals surface area contributed by atoms with E-state index in [2.05, 4.69) is 70.9 Å². The quantitative estimate of drug-likeness (QED) is 0.560. The van der Waals surface area contributed by atoms with Crippen LogP contribution in [0.25, 0.3) is 17.7 Å². The van der Waals surface area contributed by atoms with Gasteiger partial charge in [-0.1, -0.05) is 73.7 Å². The van der Waals surface area contributed by atoms with Crippen molar-refractivity contribution in [2.24, 2.45) is 5.92 Å². The third-order valence-electron chi connectivity index (χ3n) is 7.53. The van der Waals surface area contributed by atoms with Crippen molar-refractivity contribution in [3.63, 3.8) is 0 Å². The lowest BCUT2D eigenvalue weighted by molar-refractivity contribution is -0.154. The zero-order chi connectivity index (χ0) is 23.3. The number of rotatable bonds is 5. The van der Waals surface area contributed by atoms with Crippen LogP contribution in [0.4, 0.5) is 0 Å². The lowest BCUT2D eigenvalue weighted by Gasteiger charge is -2.31. The third-order valence-corrected chi connectivity index (χ3v) is 7.53. The number of piperidine rings is 2. The van der Waals surface area contributed by atoms with Gasteiger partial charge in [0.2, 0.25) is 5.91 Å². The summed E-state index contributed by atoms with van der Waals surface area (Å²) in [7, 11) is 1.70. The Bertz CT molecular complexity index is 1020. The lowest BCUT2D eigenvalue weighted by Crippen LogP contribution is -2.43. The van der Waals surface area contributed by atoms with Crippen LogP contribution in [-0.4, -0.2) is 62.2 Å². The van der Waals surface area contributed by atoms with Gasteiger partial charge in [0.15, 0.2) is 0 Å². The van der Waals surface area contributed by atoms with Crippen molar-refractivity contribution in [2.45, 2.75) is 33.1 Å². The van der Waals surface area contributed by atoms with E-state index in [1.54, 1.807) is 12.7 Å². The van der Waals surface area contributed by atoms with Gasteiger partial charge in [-0.15, -0.1) is 0 Å². The highest BCUT2D eigenvalue weighted by Gasteiger charge is 2.25. The molecule has 0 saturated carbocycles. The zero-order valence-corrected chi connectivity index (χ0v) is 20.1. The standard InChI is InChI=1S/C29H35N3O2.CH4/c1-34-32-19-14-25(15-20-32)29(33)30-16-21-31-17-12-24(13-18-31)28-26-8-4-2-6-22(26)10-11-23-7-3-5-9-27(23)28;/h2-11,25H,12-21H2,1H3,(H,30,33);1H4. The molecular weight excluding hydrogens is 434 g/mol. The summed E-state index contributed by atoms with van der Waals surface area (Å²) in [5.74, 6) is 0.322. The molecule has 0 spiro atoms. The first-order valence-electron chi connectivity index (χ1n) is 12.6.